The summed E-state index contributed by atoms with van der Waals surface area (Å²) in [7, 11) is 0. The van der Waals surface area contributed by atoms with Gasteiger partial charge in [0, 0.05) is 32.7 Å². The van der Waals surface area contributed by atoms with Crippen molar-refractivity contribution in [2.24, 2.45) is 5.73 Å². The van der Waals surface area contributed by atoms with Crippen molar-refractivity contribution in [3.63, 3.8) is 0 Å². The quantitative estimate of drug-likeness (QED) is 0.826. The van der Waals surface area contributed by atoms with E-state index in [1.165, 1.54) is 6.26 Å². The van der Waals surface area contributed by atoms with Crippen molar-refractivity contribution in [1.29, 1.82) is 0 Å². The number of rotatable bonds is 3. The van der Waals surface area contributed by atoms with Gasteiger partial charge in [0.15, 0.2) is 5.76 Å². The fraction of sp³-hybridized carbons (Fsp3) is 0.583. The Morgan fingerprint density at radius 2 is 2.24 bits per heavy atom. The first-order valence-corrected chi connectivity index (χ1v) is 6.06. The molecule has 1 fully saturated rings. The zero-order chi connectivity index (χ0) is 12.1. The van der Waals surface area contributed by atoms with E-state index in [-0.39, 0.29) is 5.91 Å². The maximum absolute atomic E-state index is 12.1. The smallest absolute Gasteiger partial charge is 0.289 e. The Morgan fingerprint density at radius 1 is 1.35 bits per heavy atom. The average Bonchev–Trinajstić information content (AvgIpc) is 2.76. The topological polar surface area (TPSA) is 62.7 Å². The van der Waals surface area contributed by atoms with E-state index < -0.39 is 0 Å². The van der Waals surface area contributed by atoms with Crippen molar-refractivity contribution in [3.8, 4) is 0 Å². The van der Waals surface area contributed by atoms with Gasteiger partial charge in [-0.05, 0) is 25.1 Å². The zero-order valence-corrected chi connectivity index (χ0v) is 9.97. The fourth-order valence-corrected chi connectivity index (χ4v) is 2.14. The van der Waals surface area contributed by atoms with Gasteiger partial charge in [-0.25, -0.2) is 0 Å². The highest BCUT2D eigenvalue weighted by atomic mass is 16.3. The van der Waals surface area contributed by atoms with Gasteiger partial charge in [-0.3, -0.25) is 4.79 Å². The lowest BCUT2D eigenvalue weighted by molar-refractivity contribution is 0.0730. The minimum atomic E-state index is -0.00963. The van der Waals surface area contributed by atoms with Gasteiger partial charge in [0.2, 0.25) is 0 Å². The normalized spacial score (nSPS) is 18.1. The van der Waals surface area contributed by atoms with E-state index >= 15 is 0 Å². The summed E-state index contributed by atoms with van der Waals surface area (Å²) in [6.07, 6.45) is 2.53. The van der Waals surface area contributed by atoms with E-state index in [4.69, 9.17) is 10.2 Å². The highest BCUT2D eigenvalue weighted by Crippen LogP contribution is 2.09. The number of carbonyl (C=O) groups is 1. The first kappa shape index (κ1) is 12.1. The average molecular weight is 237 g/mol. The number of nitrogens with two attached hydrogens (primary N) is 1. The van der Waals surface area contributed by atoms with Crippen LogP contribution in [0, 0.1) is 0 Å². The Kier molecular flexibility index (Phi) is 4.17. The number of carbonyl (C=O) groups excluding carboxylic acids is 1. The molecule has 1 aromatic heterocycles. The molecule has 0 radical (unpaired) electrons. The maximum Gasteiger partial charge on any atom is 0.289 e. The standard InChI is InChI=1S/C12H19N3O2/c13-4-7-14-5-2-6-15(9-8-14)12(16)11-3-1-10-17-11/h1,3,10H,2,4-9,13H2. The van der Waals surface area contributed by atoms with Gasteiger partial charge in [0.25, 0.3) is 5.91 Å². The lowest BCUT2D eigenvalue weighted by atomic mass is 10.3. The molecule has 0 aliphatic carbocycles. The van der Waals surface area contributed by atoms with Crippen molar-refractivity contribution in [2.75, 3.05) is 39.3 Å². The molecule has 1 aliphatic rings. The fourth-order valence-electron chi connectivity index (χ4n) is 2.14. The Bertz CT molecular complexity index is 351. The van der Waals surface area contributed by atoms with Gasteiger partial charge >= 0.3 is 0 Å². The van der Waals surface area contributed by atoms with Crippen LogP contribution < -0.4 is 5.73 Å². The summed E-state index contributed by atoms with van der Waals surface area (Å²) in [6, 6.07) is 3.46. The van der Waals surface area contributed by atoms with Gasteiger partial charge in [-0.2, -0.15) is 0 Å². The van der Waals surface area contributed by atoms with Crippen LogP contribution in [0.1, 0.15) is 17.0 Å². The Balaban J connectivity index is 1.92. The molecule has 0 spiro atoms. The summed E-state index contributed by atoms with van der Waals surface area (Å²) in [5.74, 6) is 0.418. The number of hydrogen-bond acceptors (Lipinski definition) is 4. The molecule has 0 saturated carbocycles. The molecular weight excluding hydrogens is 218 g/mol. The van der Waals surface area contributed by atoms with E-state index in [0.29, 0.717) is 12.3 Å². The minimum absolute atomic E-state index is 0.00963. The van der Waals surface area contributed by atoms with Crippen molar-refractivity contribution >= 4 is 5.91 Å². The molecule has 1 aromatic rings. The van der Waals surface area contributed by atoms with E-state index in [2.05, 4.69) is 4.90 Å². The Morgan fingerprint density at radius 3 is 2.94 bits per heavy atom. The maximum atomic E-state index is 12.1. The third-order valence-electron chi connectivity index (χ3n) is 3.05. The molecule has 94 valence electrons. The Labute approximate surface area is 101 Å². The SMILES string of the molecule is NCCN1CCCN(C(=O)c2ccco2)CC1. The molecular formula is C12H19N3O2. The highest BCUT2D eigenvalue weighted by Gasteiger charge is 2.21. The summed E-state index contributed by atoms with van der Waals surface area (Å²) in [4.78, 5) is 16.2. The lowest BCUT2D eigenvalue weighted by Crippen LogP contribution is -2.36. The minimum Gasteiger partial charge on any atom is -0.459 e. The summed E-state index contributed by atoms with van der Waals surface area (Å²) in [5, 5.41) is 0. The van der Waals surface area contributed by atoms with E-state index in [9.17, 15) is 4.79 Å². The largest absolute Gasteiger partial charge is 0.459 e. The van der Waals surface area contributed by atoms with Gasteiger partial charge < -0.3 is 20.0 Å². The molecule has 2 heterocycles. The molecule has 5 nitrogen and oxygen atoms in total. The molecule has 5 heteroatoms. The predicted molar refractivity (Wildman–Crippen MR) is 64.7 cm³/mol. The molecule has 1 aliphatic heterocycles. The van der Waals surface area contributed by atoms with Crippen LogP contribution in [0.3, 0.4) is 0 Å². The van der Waals surface area contributed by atoms with Crippen LogP contribution in [0.5, 0.6) is 0 Å². The number of nitrogens with zero attached hydrogens (tertiary/aromatic N) is 2. The first-order chi connectivity index (χ1) is 8.31. The summed E-state index contributed by atoms with van der Waals surface area (Å²) in [6.45, 7) is 5.03. The molecule has 0 atom stereocenters. The van der Waals surface area contributed by atoms with E-state index in [1.807, 2.05) is 4.90 Å². The zero-order valence-electron chi connectivity index (χ0n) is 9.97. The predicted octanol–water partition coefficient (Wildman–Crippen LogP) is 0.386. The molecule has 0 aromatic carbocycles. The monoisotopic (exact) mass is 237 g/mol. The van der Waals surface area contributed by atoms with Gasteiger partial charge in [0.05, 0.1) is 6.26 Å². The van der Waals surface area contributed by atoms with Crippen LogP contribution in [0.2, 0.25) is 0 Å². The Hall–Kier alpha value is -1.33. The third kappa shape index (κ3) is 3.08. The highest BCUT2D eigenvalue weighted by molar-refractivity contribution is 5.91. The molecule has 2 rings (SSSR count). The molecule has 17 heavy (non-hydrogen) atoms. The third-order valence-corrected chi connectivity index (χ3v) is 3.05. The summed E-state index contributed by atoms with van der Waals surface area (Å²) < 4.78 is 5.14. The van der Waals surface area contributed by atoms with E-state index in [1.54, 1.807) is 12.1 Å². The van der Waals surface area contributed by atoms with E-state index in [0.717, 1.165) is 39.1 Å². The molecule has 1 saturated heterocycles. The lowest BCUT2D eigenvalue weighted by Gasteiger charge is -2.20. The second-order valence-electron chi connectivity index (χ2n) is 4.25. The van der Waals surface area contributed by atoms with Crippen LogP contribution in [0.4, 0.5) is 0 Å². The molecule has 0 bridgehead atoms. The van der Waals surface area contributed by atoms with Gasteiger partial charge in [-0.1, -0.05) is 0 Å². The number of amides is 1. The second-order valence-corrected chi connectivity index (χ2v) is 4.25. The molecule has 2 N–H and O–H groups in total. The first-order valence-electron chi connectivity index (χ1n) is 6.06. The van der Waals surface area contributed by atoms with Crippen molar-refractivity contribution in [2.45, 2.75) is 6.42 Å². The number of hydrogen-bond donors (Lipinski definition) is 1. The summed E-state index contributed by atoms with van der Waals surface area (Å²) >= 11 is 0. The van der Waals surface area contributed by atoms with Gasteiger partial charge in [0.1, 0.15) is 0 Å². The van der Waals surface area contributed by atoms with Crippen LogP contribution in [0.25, 0.3) is 0 Å². The van der Waals surface area contributed by atoms with Crippen LogP contribution in [0.15, 0.2) is 22.8 Å². The van der Waals surface area contributed by atoms with Crippen LogP contribution in [-0.2, 0) is 0 Å². The number of furan rings is 1. The molecule has 0 unspecified atom stereocenters. The van der Waals surface area contributed by atoms with Crippen molar-refractivity contribution < 1.29 is 9.21 Å². The van der Waals surface area contributed by atoms with Crippen LogP contribution >= 0.6 is 0 Å². The van der Waals surface area contributed by atoms with Gasteiger partial charge in [-0.15, -0.1) is 0 Å². The molecule has 1 amide bonds. The van der Waals surface area contributed by atoms with Crippen molar-refractivity contribution in [3.05, 3.63) is 24.2 Å². The summed E-state index contributed by atoms with van der Waals surface area (Å²) in [5.41, 5.74) is 5.54. The van der Waals surface area contributed by atoms with Crippen LogP contribution in [-0.4, -0.2) is 55.0 Å². The second kappa shape index (κ2) is 5.84. The van der Waals surface area contributed by atoms with Crippen molar-refractivity contribution in [1.82, 2.24) is 9.80 Å².